The van der Waals surface area contributed by atoms with Crippen LogP contribution in [0.2, 0.25) is 0 Å². The fourth-order valence-corrected chi connectivity index (χ4v) is 5.09. The largest absolute Gasteiger partial charge is 0.459 e. The first kappa shape index (κ1) is 24.2. The lowest BCUT2D eigenvalue weighted by atomic mass is 9.77. The molecule has 1 unspecified atom stereocenters. The van der Waals surface area contributed by atoms with Gasteiger partial charge < -0.3 is 9.84 Å². The van der Waals surface area contributed by atoms with Crippen LogP contribution in [0, 0.1) is 19.8 Å². The van der Waals surface area contributed by atoms with E-state index in [4.69, 9.17) is 4.74 Å². The van der Waals surface area contributed by atoms with Gasteiger partial charge in [0.25, 0.3) is 5.82 Å². The lowest BCUT2D eigenvalue weighted by Crippen LogP contribution is -2.44. The van der Waals surface area contributed by atoms with Crippen molar-refractivity contribution < 1.29 is 19.2 Å². The van der Waals surface area contributed by atoms with Gasteiger partial charge in [-0.25, -0.2) is 13.9 Å². The van der Waals surface area contributed by atoms with Crippen LogP contribution in [0.15, 0.2) is 67.0 Å². The van der Waals surface area contributed by atoms with Gasteiger partial charge >= 0.3 is 5.97 Å². The van der Waals surface area contributed by atoms with Crippen molar-refractivity contribution in [1.82, 2.24) is 4.57 Å². The summed E-state index contributed by atoms with van der Waals surface area (Å²) in [7, 11) is 0. The Balaban J connectivity index is 1.42. The van der Waals surface area contributed by atoms with E-state index in [0.717, 1.165) is 50.9 Å². The molecule has 1 saturated carbocycles. The third-order valence-corrected chi connectivity index (χ3v) is 7.27. The van der Waals surface area contributed by atoms with Gasteiger partial charge in [0, 0.05) is 12.8 Å². The van der Waals surface area contributed by atoms with Gasteiger partial charge in [0.05, 0.1) is 0 Å². The van der Waals surface area contributed by atoms with Gasteiger partial charge in [0.15, 0.2) is 5.60 Å². The van der Waals surface area contributed by atoms with E-state index in [1.807, 2.05) is 36.5 Å². The van der Waals surface area contributed by atoms with Crippen LogP contribution in [0.1, 0.15) is 61.0 Å². The number of aliphatic hydroxyl groups is 1. The van der Waals surface area contributed by atoms with Crippen molar-refractivity contribution >= 4 is 5.97 Å². The van der Waals surface area contributed by atoms with Gasteiger partial charge in [-0.15, -0.1) is 0 Å². The molecule has 1 aliphatic carbocycles. The van der Waals surface area contributed by atoms with Crippen molar-refractivity contribution in [3.8, 4) is 0 Å². The molecule has 1 aliphatic rings. The number of carbonyl (C=O) groups excluding carboxylic acids is 1. The molecular formula is C29H37N2O3+. The summed E-state index contributed by atoms with van der Waals surface area (Å²) in [5.74, 6) is 0.455. The van der Waals surface area contributed by atoms with Crippen molar-refractivity contribution in [3.63, 3.8) is 0 Å². The van der Waals surface area contributed by atoms with Gasteiger partial charge in [-0.2, -0.15) is 0 Å². The van der Waals surface area contributed by atoms with Crippen LogP contribution >= 0.6 is 0 Å². The van der Waals surface area contributed by atoms with Crippen molar-refractivity contribution in [1.29, 1.82) is 0 Å². The fraction of sp³-hybridized carbons (Fsp3) is 0.448. The molecule has 1 N–H and O–H groups in total. The number of aromatic nitrogens is 2. The maximum absolute atomic E-state index is 13.3. The van der Waals surface area contributed by atoms with E-state index >= 15 is 0 Å². The molecule has 2 aromatic carbocycles. The van der Waals surface area contributed by atoms with Crippen LogP contribution in [0.5, 0.6) is 0 Å². The Hall–Kier alpha value is -2.92. The Kier molecular flexibility index (Phi) is 7.84. The number of nitrogens with zero attached hydrogens (tertiary/aromatic N) is 2. The van der Waals surface area contributed by atoms with E-state index in [-0.39, 0.29) is 12.5 Å². The molecule has 4 rings (SSSR count). The fourth-order valence-electron chi connectivity index (χ4n) is 5.09. The van der Waals surface area contributed by atoms with Crippen molar-refractivity contribution in [2.75, 3.05) is 6.61 Å². The molecule has 1 aromatic heterocycles. The zero-order chi connectivity index (χ0) is 24.0. The molecule has 180 valence electrons. The highest BCUT2D eigenvalue weighted by molar-refractivity contribution is 5.81. The first-order chi connectivity index (χ1) is 16.5. The second-order valence-corrected chi connectivity index (χ2v) is 9.61. The van der Waals surface area contributed by atoms with Gasteiger partial charge in [0.2, 0.25) is 0 Å². The molecule has 1 heterocycles. The van der Waals surface area contributed by atoms with Crippen LogP contribution in [0.25, 0.3) is 0 Å². The van der Waals surface area contributed by atoms with Crippen LogP contribution in [-0.2, 0) is 28.2 Å². The molecule has 0 saturated heterocycles. The van der Waals surface area contributed by atoms with Crippen LogP contribution in [0.3, 0.4) is 0 Å². The lowest BCUT2D eigenvalue weighted by Gasteiger charge is -2.34. The highest BCUT2D eigenvalue weighted by Gasteiger charge is 2.46. The number of hydrogen-bond donors (Lipinski definition) is 1. The van der Waals surface area contributed by atoms with Crippen molar-refractivity contribution in [2.45, 2.75) is 71.1 Å². The summed E-state index contributed by atoms with van der Waals surface area (Å²) in [4.78, 5) is 13.3. The van der Waals surface area contributed by atoms with Crippen LogP contribution < -0.4 is 4.57 Å². The van der Waals surface area contributed by atoms with E-state index < -0.39 is 11.6 Å². The third-order valence-electron chi connectivity index (χ3n) is 7.27. The van der Waals surface area contributed by atoms with E-state index in [1.54, 1.807) is 0 Å². The molecular weight excluding hydrogens is 424 g/mol. The Morgan fingerprint density at radius 2 is 1.71 bits per heavy atom. The molecule has 0 spiro atoms. The highest BCUT2D eigenvalue weighted by atomic mass is 16.5. The molecule has 5 heteroatoms. The zero-order valence-corrected chi connectivity index (χ0v) is 20.5. The SMILES string of the molecule is Cc1ccc(C[n+]2ccn(CCOC(=O)C(O)(c3ccccc3)C3CCCCCC3)c2C)cc1. The normalized spacial score (nSPS) is 16.6. The molecule has 0 amide bonds. The summed E-state index contributed by atoms with van der Waals surface area (Å²) >= 11 is 0. The summed E-state index contributed by atoms with van der Waals surface area (Å²) in [6, 6.07) is 17.9. The average Bonchev–Trinajstić information content (AvgIpc) is 3.04. The first-order valence-electron chi connectivity index (χ1n) is 12.5. The average molecular weight is 462 g/mol. The minimum Gasteiger partial charge on any atom is -0.459 e. The second-order valence-electron chi connectivity index (χ2n) is 9.61. The van der Waals surface area contributed by atoms with Gasteiger partial charge in [-0.1, -0.05) is 85.8 Å². The number of rotatable bonds is 8. The van der Waals surface area contributed by atoms with Gasteiger partial charge in [-0.3, -0.25) is 0 Å². The van der Waals surface area contributed by atoms with E-state index in [9.17, 15) is 9.90 Å². The number of benzene rings is 2. The number of carbonyl (C=O) groups is 1. The van der Waals surface area contributed by atoms with E-state index in [0.29, 0.717) is 12.1 Å². The Morgan fingerprint density at radius 1 is 1.03 bits per heavy atom. The minimum absolute atomic E-state index is 0.116. The van der Waals surface area contributed by atoms with Gasteiger partial charge in [-0.05, 0) is 30.9 Å². The smallest absolute Gasteiger partial charge is 0.343 e. The maximum Gasteiger partial charge on any atom is 0.343 e. The lowest BCUT2D eigenvalue weighted by molar-refractivity contribution is -0.694. The summed E-state index contributed by atoms with van der Waals surface area (Å²) in [6.07, 6.45) is 10.2. The van der Waals surface area contributed by atoms with E-state index in [1.165, 1.54) is 11.1 Å². The molecule has 5 nitrogen and oxygen atoms in total. The molecule has 0 bridgehead atoms. The standard InChI is InChI=1S/C29H37N2O3/c1-23-14-16-25(17-15-23)22-31-19-18-30(24(31)2)20-21-34-28(32)29(33,27-12-8-5-9-13-27)26-10-6-3-4-7-11-26/h5,8-9,12-19,26,33H,3-4,6-7,10-11,20-22H2,1-2H3/q+1. The predicted octanol–water partition coefficient (Wildman–Crippen LogP) is 4.84. The first-order valence-corrected chi connectivity index (χ1v) is 12.5. The highest BCUT2D eigenvalue weighted by Crippen LogP contribution is 2.39. The minimum atomic E-state index is -1.59. The second kappa shape index (κ2) is 11.0. The molecule has 0 aliphatic heterocycles. The number of hydrogen-bond acceptors (Lipinski definition) is 3. The molecule has 3 aromatic rings. The molecule has 1 atom stereocenters. The van der Waals surface area contributed by atoms with Crippen molar-refractivity contribution in [3.05, 3.63) is 89.5 Å². The predicted molar refractivity (Wildman–Crippen MR) is 132 cm³/mol. The monoisotopic (exact) mass is 461 g/mol. The Labute approximate surface area is 203 Å². The summed E-state index contributed by atoms with van der Waals surface area (Å²) in [5, 5.41) is 11.8. The van der Waals surface area contributed by atoms with Gasteiger partial charge in [0.1, 0.15) is 32.1 Å². The van der Waals surface area contributed by atoms with Crippen molar-refractivity contribution in [2.24, 2.45) is 5.92 Å². The number of esters is 1. The summed E-state index contributed by atoms with van der Waals surface area (Å²) in [5.41, 5.74) is 1.55. The number of imidazole rings is 1. The Bertz CT molecular complexity index is 1070. The number of ether oxygens (including phenoxy) is 1. The third kappa shape index (κ3) is 5.41. The van der Waals surface area contributed by atoms with Crippen LogP contribution in [-0.4, -0.2) is 22.2 Å². The molecule has 0 radical (unpaired) electrons. The zero-order valence-electron chi connectivity index (χ0n) is 20.5. The molecule has 34 heavy (non-hydrogen) atoms. The summed E-state index contributed by atoms with van der Waals surface area (Å²) in [6.45, 7) is 5.74. The summed E-state index contributed by atoms with van der Waals surface area (Å²) < 4.78 is 10.0. The molecule has 1 fully saturated rings. The maximum atomic E-state index is 13.3. The van der Waals surface area contributed by atoms with E-state index in [2.05, 4.69) is 53.4 Å². The Morgan fingerprint density at radius 3 is 2.38 bits per heavy atom. The quantitative estimate of drug-likeness (QED) is 0.297. The number of aryl methyl sites for hydroxylation is 1. The topological polar surface area (TPSA) is 55.3 Å². The van der Waals surface area contributed by atoms with Crippen LogP contribution in [0.4, 0.5) is 0 Å².